The highest BCUT2D eigenvalue weighted by atomic mass is 17.1. The van der Waals surface area contributed by atoms with Crippen molar-refractivity contribution in [3.05, 3.63) is 0 Å². The zero-order chi connectivity index (χ0) is 12.3. The van der Waals surface area contributed by atoms with Gasteiger partial charge in [0.1, 0.15) is 6.10 Å². The van der Waals surface area contributed by atoms with Crippen molar-refractivity contribution < 1.29 is 10.1 Å². The van der Waals surface area contributed by atoms with Crippen molar-refractivity contribution in [3.63, 3.8) is 0 Å². The molecule has 0 bridgehead atoms. The van der Waals surface area contributed by atoms with E-state index < -0.39 is 0 Å². The first-order valence-electron chi connectivity index (χ1n) is 7.00. The van der Waals surface area contributed by atoms with Crippen molar-refractivity contribution in [1.29, 1.82) is 0 Å². The minimum absolute atomic E-state index is 0.0672. The fourth-order valence-corrected chi connectivity index (χ4v) is 3.59. The SMILES string of the molecule is NC1CCC(N)(C2CCCCCC2)CC1OO. The summed E-state index contributed by atoms with van der Waals surface area (Å²) in [6.45, 7) is 0. The average Bonchev–Trinajstić information content (AvgIpc) is 2.61. The van der Waals surface area contributed by atoms with Gasteiger partial charge in [-0.1, -0.05) is 25.7 Å². The van der Waals surface area contributed by atoms with Gasteiger partial charge in [0.2, 0.25) is 0 Å². The molecule has 2 rings (SSSR count). The van der Waals surface area contributed by atoms with Crippen LogP contribution in [-0.4, -0.2) is 22.9 Å². The van der Waals surface area contributed by atoms with Crippen LogP contribution in [-0.2, 0) is 4.89 Å². The van der Waals surface area contributed by atoms with E-state index in [2.05, 4.69) is 4.89 Å². The van der Waals surface area contributed by atoms with E-state index in [1.54, 1.807) is 0 Å². The molecule has 3 atom stereocenters. The van der Waals surface area contributed by atoms with Crippen LogP contribution in [0.25, 0.3) is 0 Å². The lowest BCUT2D eigenvalue weighted by molar-refractivity contribution is -0.291. The molecule has 0 aromatic carbocycles. The van der Waals surface area contributed by atoms with Gasteiger partial charge in [0, 0.05) is 11.6 Å². The fourth-order valence-electron chi connectivity index (χ4n) is 3.59. The van der Waals surface area contributed by atoms with Crippen LogP contribution >= 0.6 is 0 Å². The predicted molar refractivity (Wildman–Crippen MR) is 67.4 cm³/mol. The molecule has 0 amide bonds. The Morgan fingerprint density at radius 3 is 2.29 bits per heavy atom. The van der Waals surface area contributed by atoms with E-state index in [4.69, 9.17) is 16.7 Å². The summed E-state index contributed by atoms with van der Waals surface area (Å²) < 4.78 is 0. The smallest absolute Gasteiger partial charge is 0.109 e. The van der Waals surface area contributed by atoms with Gasteiger partial charge in [-0.3, -0.25) is 5.26 Å². The molecule has 0 saturated heterocycles. The zero-order valence-corrected chi connectivity index (χ0v) is 10.6. The maximum absolute atomic E-state index is 8.91. The summed E-state index contributed by atoms with van der Waals surface area (Å²) >= 11 is 0. The molecule has 100 valence electrons. The quantitative estimate of drug-likeness (QED) is 0.393. The lowest BCUT2D eigenvalue weighted by Gasteiger charge is -2.44. The zero-order valence-electron chi connectivity index (χ0n) is 10.6. The van der Waals surface area contributed by atoms with Crippen molar-refractivity contribution in [2.75, 3.05) is 0 Å². The normalized spacial score (nSPS) is 41.1. The number of hydrogen-bond acceptors (Lipinski definition) is 4. The molecule has 0 aromatic heterocycles. The lowest BCUT2D eigenvalue weighted by atomic mass is 9.68. The maximum atomic E-state index is 8.91. The van der Waals surface area contributed by atoms with Crippen LogP contribution in [0.4, 0.5) is 0 Å². The van der Waals surface area contributed by atoms with Gasteiger partial charge >= 0.3 is 0 Å². The first kappa shape index (κ1) is 13.3. The van der Waals surface area contributed by atoms with Gasteiger partial charge < -0.3 is 11.5 Å². The molecule has 4 heteroatoms. The molecule has 2 fully saturated rings. The molecule has 0 radical (unpaired) electrons. The molecule has 17 heavy (non-hydrogen) atoms. The number of hydrogen-bond donors (Lipinski definition) is 3. The van der Waals surface area contributed by atoms with Gasteiger partial charge in [-0.2, -0.15) is 0 Å². The van der Waals surface area contributed by atoms with Crippen LogP contribution in [0, 0.1) is 5.92 Å². The van der Waals surface area contributed by atoms with Crippen LogP contribution in [0.3, 0.4) is 0 Å². The highest BCUT2D eigenvalue weighted by Gasteiger charge is 2.42. The van der Waals surface area contributed by atoms with Crippen LogP contribution < -0.4 is 11.5 Å². The van der Waals surface area contributed by atoms with Crippen molar-refractivity contribution in [1.82, 2.24) is 0 Å². The van der Waals surface area contributed by atoms with Crippen molar-refractivity contribution in [2.24, 2.45) is 17.4 Å². The van der Waals surface area contributed by atoms with E-state index in [0.717, 1.165) is 12.8 Å². The van der Waals surface area contributed by atoms with Gasteiger partial charge in [0.05, 0.1) is 0 Å². The molecule has 2 aliphatic carbocycles. The van der Waals surface area contributed by atoms with E-state index >= 15 is 0 Å². The Balaban J connectivity index is 2.01. The highest BCUT2D eigenvalue weighted by molar-refractivity contribution is 5.00. The summed E-state index contributed by atoms with van der Waals surface area (Å²) in [5.74, 6) is 0.579. The van der Waals surface area contributed by atoms with E-state index in [-0.39, 0.29) is 17.7 Å². The summed E-state index contributed by atoms with van der Waals surface area (Å²) in [7, 11) is 0. The third-order valence-corrected chi connectivity index (χ3v) is 4.81. The summed E-state index contributed by atoms with van der Waals surface area (Å²) in [5.41, 5.74) is 12.3. The van der Waals surface area contributed by atoms with Crippen LogP contribution in [0.5, 0.6) is 0 Å². The van der Waals surface area contributed by atoms with Crippen LogP contribution in [0.1, 0.15) is 57.8 Å². The molecular weight excluding hydrogens is 216 g/mol. The summed E-state index contributed by atoms with van der Waals surface area (Å²) in [6, 6.07) is -0.0672. The largest absolute Gasteiger partial charge is 0.325 e. The molecule has 0 aliphatic heterocycles. The summed E-state index contributed by atoms with van der Waals surface area (Å²) in [4.78, 5) is 4.52. The van der Waals surface area contributed by atoms with E-state index in [0.29, 0.717) is 12.3 Å². The predicted octanol–water partition coefficient (Wildman–Crippen LogP) is 2.02. The summed E-state index contributed by atoms with van der Waals surface area (Å²) in [5, 5.41) is 8.91. The van der Waals surface area contributed by atoms with Crippen LogP contribution in [0.15, 0.2) is 0 Å². The number of rotatable bonds is 2. The van der Waals surface area contributed by atoms with Gasteiger partial charge in [0.25, 0.3) is 0 Å². The molecule has 5 N–H and O–H groups in total. The monoisotopic (exact) mass is 242 g/mol. The topological polar surface area (TPSA) is 81.5 Å². The minimum atomic E-state index is -0.281. The standard InChI is InChI=1S/C13H26N2O2/c14-11-7-8-13(15,9-12(11)17-16)10-5-3-1-2-4-6-10/h10-12,16H,1-9,14-15H2. The van der Waals surface area contributed by atoms with E-state index in [1.165, 1.54) is 38.5 Å². The Hall–Kier alpha value is -0.160. The van der Waals surface area contributed by atoms with Crippen LogP contribution in [0.2, 0.25) is 0 Å². The maximum Gasteiger partial charge on any atom is 0.109 e. The van der Waals surface area contributed by atoms with Crippen molar-refractivity contribution in [2.45, 2.75) is 75.5 Å². The lowest BCUT2D eigenvalue weighted by Crippen LogP contribution is -2.57. The second-order valence-corrected chi connectivity index (χ2v) is 5.97. The van der Waals surface area contributed by atoms with Gasteiger partial charge in [-0.15, -0.1) is 0 Å². The molecule has 2 saturated carbocycles. The molecule has 0 spiro atoms. The second-order valence-electron chi connectivity index (χ2n) is 5.97. The Morgan fingerprint density at radius 1 is 1.06 bits per heavy atom. The highest BCUT2D eigenvalue weighted by Crippen LogP contribution is 2.39. The second kappa shape index (κ2) is 5.65. The average molecular weight is 242 g/mol. The third-order valence-electron chi connectivity index (χ3n) is 4.81. The van der Waals surface area contributed by atoms with Gasteiger partial charge in [-0.25, -0.2) is 4.89 Å². The molecule has 2 aliphatic rings. The van der Waals surface area contributed by atoms with E-state index in [1.807, 2.05) is 0 Å². The van der Waals surface area contributed by atoms with E-state index in [9.17, 15) is 0 Å². The Bertz CT molecular complexity index is 242. The molecule has 4 nitrogen and oxygen atoms in total. The Morgan fingerprint density at radius 2 is 1.71 bits per heavy atom. The third kappa shape index (κ3) is 2.99. The summed E-state index contributed by atoms with van der Waals surface area (Å²) in [6.07, 6.45) is 9.97. The van der Waals surface area contributed by atoms with Crippen molar-refractivity contribution in [3.8, 4) is 0 Å². The molecule has 0 aromatic rings. The Labute approximate surface area is 104 Å². The van der Waals surface area contributed by atoms with Crippen molar-refractivity contribution >= 4 is 0 Å². The molecule has 3 unspecified atom stereocenters. The minimum Gasteiger partial charge on any atom is -0.325 e. The van der Waals surface area contributed by atoms with Gasteiger partial charge in [-0.05, 0) is 38.0 Å². The first-order chi connectivity index (χ1) is 8.15. The fraction of sp³-hybridized carbons (Fsp3) is 1.00. The number of nitrogens with two attached hydrogens (primary N) is 2. The Kier molecular flexibility index (Phi) is 4.42. The van der Waals surface area contributed by atoms with Gasteiger partial charge in [0.15, 0.2) is 0 Å². The molecular formula is C13H26N2O2. The first-order valence-corrected chi connectivity index (χ1v) is 7.00. The molecule has 0 heterocycles.